The van der Waals surface area contributed by atoms with Crippen molar-refractivity contribution in [3.05, 3.63) is 0 Å². The molecule has 0 spiro atoms. The van der Waals surface area contributed by atoms with Crippen LogP contribution in [0, 0.1) is 17.8 Å². The zero-order valence-corrected chi connectivity index (χ0v) is 14.7. The van der Waals surface area contributed by atoms with Gasteiger partial charge in [-0.15, -0.1) is 0 Å². The molecule has 0 aromatic rings. The Kier molecular flexibility index (Phi) is 2.39. The third-order valence-electron chi connectivity index (χ3n) is 7.06. The Balaban J connectivity index is 1.46. The van der Waals surface area contributed by atoms with Gasteiger partial charge in [-0.25, -0.2) is 0 Å². The molecule has 10 heteroatoms. The quantitative estimate of drug-likeness (QED) is 0.557. The first-order chi connectivity index (χ1) is 11.1. The maximum Gasteiger partial charge on any atom is 0.273 e. The second kappa shape index (κ2) is 3.86. The number of fused-ring (bicyclic) bond motifs is 2. The Morgan fingerprint density at radius 1 is 0.917 bits per heavy atom. The number of ether oxygens (including phenoxy) is 2. The lowest BCUT2D eigenvalue weighted by molar-refractivity contribution is 0.0286. The van der Waals surface area contributed by atoms with E-state index in [0.29, 0.717) is 6.42 Å². The van der Waals surface area contributed by atoms with Crippen LogP contribution < -0.4 is 0 Å². The molecule has 6 aliphatic rings. The predicted octanol–water partition coefficient (Wildman–Crippen LogP) is -0.608. The number of rotatable bonds is 1. The molecule has 6 saturated heterocycles. The highest BCUT2D eigenvalue weighted by atomic mass is 32.2. The molecule has 0 saturated carbocycles. The summed E-state index contributed by atoms with van der Waals surface area (Å²) in [4.78, 5) is 0. The molecular weight excluding hydrogens is 360 g/mol. The smallest absolute Gasteiger partial charge is 0.273 e. The Hall–Kier alpha value is -0.260. The molecule has 134 valence electrons. The molecule has 6 aliphatic heterocycles. The lowest BCUT2D eigenvalue weighted by Crippen LogP contribution is -2.52. The minimum Gasteiger partial charge on any atom is -0.370 e. The van der Waals surface area contributed by atoms with E-state index >= 15 is 0 Å². The standard InChI is InChI=1S/C14H18O8S2/c1-4-8-7(9-10(20-8)11(4)23(15,16)21-9)6-5-3-14(2)13(19-5)12(6)24(17,18)22-14/h4-13H,3H2,1-2H3. The third-order valence-corrected chi connectivity index (χ3v) is 10.8. The van der Waals surface area contributed by atoms with Crippen molar-refractivity contribution in [1.82, 2.24) is 0 Å². The largest absolute Gasteiger partial charge is 0.370 e. The van der Waals surface area contributed by atoms with Gasteiger partial charge in [-0.1, -0.05) is 6.92 Å². The van der Waals surface area contributed by atoms with Gasteiger partial charge < -0.3 is 9.47 Å². The number of hydrogen-bond acceptors (Lipinski definition) is 8. The molecule has 0 aliphatic carbocycles. The highest BCUT2D eigenvalue weighted by Gasteiger charge is 2.78. The van der Waals surface area contributed by atoms with Crippen LogP contribution in [-0.4, -0.2) is 63.5 Å². The van der Waals surface area contributed by atoms with E-state index in [1.807, 2.05) is 6.92 Å². The monoisotopic (exact) mass is 378 g/mol. The molecule has 8 nitrogen and oxygen atoms in total. The van der Waals surface area contributed by atoms with Crippen LogP contribution >= 0.6 is 0 Å². The van der Waals surface area contributed by atoms with Crippen LogP contribution in [0.5, 0.6) is 0 Å². The van der Waals surface area contributed by atoms with Crippen molar-refractivity contribution in [3.8, 4) is 0 Å². The van der Waals surface area contributed by atoms with Crippen molar-refractivity contribution >= 4 is 20.2 Å². The van der Waals surface area contributed by atoms with E-state index in [0.717, 1.165) is 0 Å². The minimum absolute atomic E-state index is 0.209. The molecule has 4 bridgehead atoms. The maximum absolute atomic E-state index is 12.6. The van der Waals surface area contributed by atoms with Gasteiger partial charge in [-0.05, 0) is 6.92 Å². The van der Waals surface area contributed by atoms with Crippen LogP contribution in [0.25, 0.3) is 0 Å². The summed E-state index contributed by atoms with van der Waals surface area (Å²) < 4.78 is 72.4. The van der Waals surface area contributed by atoms with E-state index in [9.17, 15) is 16.8 Å². The summed E-state index contributed by atoms with van der Waals surface area (Å²) in [5.41, 5.74) is -0.792. The second-order valence-corrected chi connectivity index (χ2v) is 11.7. The maximum atomic E-state index is 12.6. The molecular formula is C14H18O8S2. The molecule has 11 atom stereocenters. The van der Waals surface area contributed by atoms with Crippen molar-refractivity contribution in [2.24, 2.45) is 17.8 Å². The van der Waals surface area contributed by atoms with E-state index < -0.39 is 54.6 Å². The van der Waals surface area contributed by atoms with E-state index in [1.165, 1.54) is 0 Å². The fourth-order valence-electron chi connectivity index (χ4n) is 6.36. The van der Waals surface area contributed by atoms with Crippen LogP contribution in [0.1, 0.15) is 20.3 Å². The van der Waals surface area contributed by atoms with Crippen LogP contribution in [-0.2, 0) is 38.1 Å². The Bertz CT molecular complexity index is 852. The Labute approximate surface area is 140 Å². The first-order valence-corrected chi connectivity index (χ1v) is 11.3. The van der Waals surface area contributed by atoms with Gasteiger partial charge in [0.05, 0.1) is 12.2 Å². The van der Waals surface area contributed by atoms with Gasteiger partial charge in [0.2, 0.25) is 0 Å². The lowest BCUT2D eigenvalue weighted by atomic mass is 9.66. The van der Waals surface area contributed by atoms with Crippen molar-refractivity contribution in [3.63, 3.8) is 0 Å². The first-order valence-electron chi connectivity index (χ1n) is 8.32. The molecule has 11 unspecified atom stereocenters. The zero-order valence-electron chi connectivity index (χ0n) is 13.1. The highest BCUT2D eigenvalue weighted by Crippen LogP contribution is 2.63. The second-order valence-electron chi connectivity index (χ2n) is 8.25. The van der Waals surface area contributed by atoms with E-state index in [4.69, 9.17) is 17.8 Å². The van der Waals surface area contributed by atoms with Gasteiger partial charge in [0.1, 0.15) is 34.4 Å². The van der Waals surface area contributed by atoms with Gasteiger partial charge in [0.15, 0.2) is 0 Å². The van der Waals surface area contributed by atoms with Crippen LogP contribution in [0.15, 0.2) is 0 Å². The van der Waals surface area contributed by atoms with Crippen molar-refractivity contribution < 1.29 is 34.7 Å². The molecule has 6 rings (SSSR count). The van der Waals surface area contributed by atoms with Gasteiger partial charge >= 0.3 is 0 Å². The third kappa shape index (κ3) is 1.40. The van der Waals surface area contributed by atoms with Gasteiger partial charge in [0, 0.05) is 24.2 Å². The Morgan fingerprint density at radius 3 is 2.42 bits per heavy atom. The number of hydrogen-bond donors (Lipinski definition) is 0. The molecule has 0 N–H and O–H groups in total. The predicted molar refractivity (Wildman–Crippen MR) is 77.9 cm³/mol. The van der Waals surface area contributed by atoms with Crippen molar-refractivity contribution in [2.45, 2.75) is 66.9 Å². The summed E-state index contributed by atoms with van der Waals surface area (Å²) >= 11 is 0. The highest BCUT2D eigenvalue weighted by molar-refractivity contribution is 7.88. The van der Waals surface area contributed by atoms with Crippen LogP contribution in [0.3, 0.4) is 0 Å². The molecule has 0 aromatic carbocycles. The van der Waals surface area contributed by atoms with E-state index in [2.05, 4.69) is 0 Å². The lowest BCUT2D eigenvalue weighted by Gasteiger charge is -2.36. The van der Waals surface area contributed by atoms with Crippen LogP contribution in [0.4, 0.5) is 0 Å². The first kappa shape index (κ1) is 14.9. The average molecular weight is 378 g/mol. The minimum atomic E-state index is -3.74. The molecule has 0 aromatic heterocycles. The summed E-state index contributed by atoms with van der Waals surface area (Å²) in [5.74, 6) is -0.842. The summed E-state index contributed by atoms with van der Waals surface area (Å²) in [6.45, 7) is 3.63. The molecule has 0 radical (unpaired) electrons. The molecule has 6 fully saturated rings. The molecule has 24 heavy (non-hydrogen) atoms. The van der Waals surface area contributed by atoms with Crippen LogP contribution in [0.2, 0.25) is 0 Å². The Morgan fingerprint density at radius 2 is 1.67 bits per heavy atom. The SMILES string of the molecule is CC1C2OC3C(OS(=O)(=O)C13)C2C1C2CC3(C)OS(=O)(=O)C1C3O2. The topological polar surface area (TPSA) is 105 Å². The fraction of sp³-hybridized carbons (Fsp3) is 1.00. The average Bonchev–Trinajstić information content (AvgIpc) is 3.16. The summed E-state index contributed by atoms with van der Waals surface area (Å²) in [5, 5.41) is -1.39. The summed E-state index contributed by atoms with van der Waals surface area (Å²) in [6.07, 6.45) is -1.64. The normalized spacial score (nSPS) is 66.6. The van der Waals surface area contributed by atoms with Gasteiger partial charge in [0.25, 0.3) is 20.2 Å². The van der Waals surface area contributed by atoms with Crippen molar-refractivity contribution in [2.75, 3.05) is 0 Å². The fourth-order valence-corrected chi connectivity index (χ4v) is 10.5. The molecule has 6 heterocycles. The summed E-state index contributed by atoms with van der Waals surface area (Å²) in [7, 11) is -7.40. The zero-order chi connectivity index (χ0) is 16.8. The van der Waals surface area contributed by atoms with E-state index in [-0.39, 0.29) is 30.0 Å². The molecule has 0 amide bonds. The van der Waals surface area contributed by atoms with E-state index in [1.54, 1.807) is 6.92 Å². The summed E-state index contributed by atoms with van der Waals surface area (Å²) in [6, 6.07) is 0. The van der Waals surface area contributed by atoms with Gasteiger partial charge in [-0.3, -0.25) is 8.37 Å². The van der Waals surface area contributed by atoms with Crippen molar-refractivity contribution in [1.29, 1.82) is 0 Å². The van der Waals surface area contributed by atoms with Gasteiger partial charge in [-0.2, -0.15) is 16.8 Å².